The van der Waals surface area contributed by atoms with Gasteiger partial charge in [0.15, 0.2) is 23.8 Å². The van der Waals surface area contributed by atoms with E-state index in [1.165, 1.54) is 30.2 Å². The third-order valence-corrected chi connectivity index (χ3v) is 16.3. The number of carbonyl (C=O) groups is 5. The molecule has 5 aliphatic rings. The van der Waals surface area contributed by atoms with E-state index in [1.807, 2.05) is 55.1 Å². The smallest absolute Gasteiger partial charge is 0.328 e. The van der Waals surface area contributed by atoms with E-state index >= 15 is 8.78 Å². The number of piperidine rings is 2. The third kappa shape index (κ3) is 10.2. The standard InChI is InChI=1S/C55H63ClF2N6O8/c1-32-9-14-39(28-42(32)64-26-21-45(65)61-54(64)69)71-30-46(66)62-22-17-34(18-23-62)27-35-19-24-63(25-20-35)53(68)36-10-12-38(13-11-36)60-31-55(37-7-5-4-6-8-37)33(2)47-44(72-55)29-41(57)50(56)49(47)48-40(52(59)67)15-16-43(70-3)51(48)58/h4-9,14-16,28-29,33-36,38,60H,10-13,17-27,30-31H2,1-3H3,(H2,59,67)(H,61,65,69)/t33-,36?,38?,55-/m0/s1. The van der Waals surface area contributed by atoms with Crippen LogP contribution in [0.3, 0.4) is 0 Å². The van der Waals surface area contributed by atoms with Crippen molar-refractivity contribution >= 4 is 46.9 Å². The molecule has 1 saturated carbocycles. The van der Waals surface area contributed by atoms with E-state index in [0.29, 0.717) is 48.5 Å². The summed E-state index contributed by atoms with van der Waals surface area (Å²) in [6, 6.07) is 18.4. The summed E-state index contributed by atoms with van der Waals surface area (Å²) >= 11 is 6.70. The van der Waals surface area contributed by atoms with Gasteiger partial charge < -0.3 is 35.1 Å². The average molecular weight is 1010 g/mol. The number of amides is 6. The van der Waals surface area contributed by atoms with Gasteiger partial charge in [-0.2, -0.15) is 0 Å². The van der Waals surface area contributed by atoms with Gasteiger partial charge in [-0.05, 0) is 106 Å². The number of methoxy groups -OCH3 is 1. The zero-order valence-corrected chi connectivity index (χ0v) is 41.8. The van der Waals surface area contributed by atoms with E-state index in [2.05, 4.69) is 15.5 Å². The average Bonchev–Trinajstić information content (AvgIpc) is 3.67. The Hall–Kier alpha value is -6.26. The molecule has 3 saturated heterocycles. The maximum atomic E-state index is 16.2. The Balaban J connectivity index is 0.749. The van der Waals surface area contributed by atoms with Crippen LogP contribution in [-0.4, -0.2) is 98.5 Å². The van der Waals surface area contributed by atoms with Crippen LogP contribution in [0, 0.1) is 36.3 Å². The lowest BCUT2D eigenvalue weighted by Crippen LogP contribution is -2.49. The van der Waals surface area contributed by atoms with Crippen LogP contribution in [0.5, 0.6) is 17.2 Å². The van der Waals surface area contributed by atoms with Gasteiger partial charge in [-0.1, -0.05) is 54.9 Å². The Morgan fingerprint density at radius 2 is 1.56 bits per heavy atom. The Kier molecular flexibility index (Phi) is 15.1. The molecule has 2 atom stereocenters. The van der Waals surface area contributed by atoms with E-state index in [-0.39, 0.29) is 82.5 Å². The quantitative estimate of drug-likeness (QED) is 0.112. The Bertz CT molecular complexity index is 2720. The van der Waals surface area contributed by atoms with Gasteiger partial charge in [0.2, 0.25) is 17.7 Å². The number of primary amides is 1. The van der Waals surface area contributed by atoms with Crippen molar-refractivity contribution in [3.8, 4) is 28.4 Å². The van der Waals surface area contributed by atoms with Crippen molar-refractivity contribution in [1.82, 2.24) is 20.4 Å². The molecule has 0 radical (unpaired) electrons. The molecule has 4 N–H and O–H groups in total. The number of hydrogen-bond acceptors (Lipinski definition) is 9. The predicted molar refractivity (Wildman–Crippen MR) is 268 cm³/mol. The maximum absolute atomic E-state index is 16.2. The minimum atomic E-state index is -1.08. The number of urea groups is 1. The summed E-state index contributed by atoms with van der Waals surface area (Å²) < 4.78 is 50.0. The molecule has 4 aliphatic heterocycles. The van der Waals surface area contributed by atoms with Gasteiger partial charge in [0, 0.05) is 92.4 Å². The number of aryl methyl sites for hydroxylation is 1. The van der Waals surface area contributed by atoms with Gasteiger partial charge in [0.25, 0.3) is 5.91 Å². The second-order valence-corrected chi connectivity index (χ2v) is 20.5. The fourth-order valence-electron chi connectivity index (χ4n) is 11.8. The number of anilines is 1. The Morgan fingerprint density at radius 1 is 0.875 bits per heavy atom. The zero-order chi connectivity index (χ0) is 50.8. The summed E-state index contributed by atoms with van der Waals surface area (Å²) in [5.41, 5.74) is 7.01. The van der Waals surface area contributed by atoms with Crippen molar-refractivity contribution in [1.29, 1.82) is 0 Å². The van der Waals surface area contributed by atoms with Crippen molar-refractivity contribution in [3.63, 3.8) is 0 Å². The number of nitrogens with one attached hydrogen (secondary N) is 2. The highest BCUT2D eigenvalue weighted by Crippen LogP contribution is 2.56. The highest BCUT2D eigenvalue weighted by Gasteiger charge is 2.50. The van der Waals surface area contributed by atoms with Crippen LogP contribution >= 0.6 is 11.6 Å². The maximum Gasteiger partial charge on any atom is 0.328 e. The molecule has 0 aromatic heterocycles. The van der Waals surface area contributed by atoms with Gasteiger partial charge in [0.1, 0.15) is 17.3 Å². The van der Waals surface area contributed by atoms with E-state index < -0.39 is 35.1 Å². The lowest BCUT2D eigenvalue weighted by molar-refractivity contribution is -0.138. The van der Waals surface area contributed by atoms with Gasteiger partial charge >= 0.3 is 6.03 Å². The van der Waals surface area contributed by atoms with Crippen LogP contribution in [0.15, 0.2) is 66.7 Å². The molecule has 9 rings (SSSR count). The molecule has 17 heteroatoms. The molecular weight excluding hydrogens is 946 g/mol. The number of nitrogens with zero attached hydrogens (tertiary/aromatic N) is 3. The van der Waals surface area contributed by atoms with Crippen molar-refractivity contribution < 1.29 is 47.0 Å². The number of hydrogen-bond donors (Lipinski definition) is 3. The predicted octanol–water partition coefficient (Wildman–Crippen LogP) is 8.63. The molecule has 4 heterocycles. The van der Waals surface area contributed by atoms with Crippen molar-refractivity contribution in [2.24, 2.45) is 23.5 Å². The number of benzene rings is 4. The first-order valence-electron chi connectivity index (χ1n) is 25.2. The molecule has 1 aliphatic carbocycles. The summed E-state index contributed by atoms with van der Waals surface area (Å²) in [6.07, 6.45) is 8.16. The minimum absolute atomic E-state index is 0.00788. The summed E-state index contributed by atoms with van der Waals surface area (Å²) in [4.78, 5) is 69.3. The number of fused-ring (bicyclic) bond motifs is 1. The first-order valence-corrected chi connectivity index (χ1v) is 25.6. The number of carbonyl (C=O) groups excluding carboxylic acids is 5. The number of ether oxygens (including phenoxy) is 3. The molecular formula is C55H63ClF2N6O8. The van der Waals surface area contributed by atoms with E-state index in [1.54, 1.807) is 12.1 Å². The summed E-state index contributed by atoms with van der Waals surface area (Å²) in [5.74, 6) is -1.77. The lowest BCUT2D eigenvalue weighted by Gasteiger charge is -2.39. The first kappa shape index (κ1) is 50.7. The van der Waals surface area contributed by atoms with Gasteiger partial charge in [-0.15, -0.1) is 0 Å². The monoisotopic (exact) mass is 1010 g/mol. The second-order valence-electron chi connectivity index (χ2n) is 20.2. The molecule has 0 spiro atoms. The van der Waals surface area contributed by atoms with Crippen LogP contribution in [-0.2, 0) is 20.0 Å². The van der Waals surface area contributed by atoms with E-state index in [9.17, 15) is 24.0 Å². The van der Waals surface area contributed by atoms with Crippen molar-refractivity contribution in [3.05, 3.63) is 106 Å². The zero-order valence-electron chi connectivity index (χ0n) is 41.1. The van der Waals surface area contributed by atoms with Crippen LogP contribution in [0.4, 0.5) is 19.3 Å². The number of rotatable bonds is 14. The first-order chi connectivity index (χ1) is 34.6. The molecule has 14 nitrogen and oxygen atoms in total. The molecule has 0 unspecified atom stereocenters. The van der Waals surface area contributed by atoms with Gasteiger partial charge in [-0.3, -0.25) is 29.4 Å². The molecule has 72 heavy (non-hydrogen) atoms. The fraction of sp³-hybridized carbons (Fsp3) is 0.473. The number of halogens is 3. The van der Waals surface area contributed by atoms with E-state index in [0.717, 1.165) is 82.0 Å². The van der Waals surface area contributed by atoms with Crippen LogP contribution < -0.4 is 35.5 Å². The number of nitrogens with two attached hydrogens (primary N) is 1. The highest BCUT2D eigenvalue weighted by molar-refractivity contribution is 6.34. The molecule has 0 bridgehead atoms. The lowest BCUT2D eigenvalue weighted by atomic mass is 9.77. The molecule has 382 valence electrons. The summed E-state index contributed by atoms with van der Waals surface area (Å²) in [7, 11) is 1.30. The molecule has 6 amide bonds. The SMILES string of the molecule is COc1ccc(C(N)=O)c(-c2c(Cl)c(F)cc3c2[C@H](C)[C@@](CNC2CCC(C(=O)N4CCC(CC5CCN(C(=O)COc6ccc(C)c(N7CCC(=O)NC7=O)c6)CC5)CC4)CC2)(c2ccccc2)O3)c1F. The van der Waals surface area contributed by atoms with Crippen LogP contribution in [0.1, 0.15) is 104 Å². The number of imide groups is 1. The van der Waals surface area contributed by atoms with Gasteiger partial charge in [-0.25, -0.2) is 13.6 Å². The largest absolute Gasteiger partial charge is 0.494 e. The second kappa shape index (κ2) is 21.4. The molecule has 4 fully saturated rings. The minimum Gasteiger partial charge on any atom is -0.494 e. The highest BCUT2D eigenvalue weighted by atomic mass is 35.5. The van der Waals surface area contributed by atoms with Crippen molar-refractivity contribution in [2.45, 2.75) is 95.6 Å². The molecule has 4 aromatic carbocycles. The van der Waals surface area contributed by atoms with Crippen LogP contribution in [0.25, 0.3) is 11.1 Å². The normalized spacial score (nSPS) is 22.8. The third-order valence-electron chi connectivity index (χ3n) is 15.9. The van der Waals surface area contributed by atoms with Crippen molar-refractivity contribution in [2.75, 3.05) is 57.9 Å². The number of likely N-dealkylation sites (tertiary alicyclic amines) is 2. The topological polar surface area (TPSA) is 173 Å². The van der Waals surface area contributed by atoms with Gasteiger partial charge in [0.05, 0.1) is 23.4 Å². The summed E-state index contributed by atoms with van der Waals surface area (Å²) in [6.45, 7) is 7.17. The Labute approximate surface area is 423 Å². The Morgan fingerprint density at radius 3 is 2.21 bits per heavy atom. The summed E-state index contributed by atoms with van der Waals surface area (Å²) in [5, 5.41) is 5.73. The molecule has 4 aromatic rings. The van der Waals surface area contributed by atoms with Crippen LogP contribution in [0.2, 0.25) is 5.02 Å². The fourth-order valence-corrected chi connectivity index (χ4v) is 12.0. The van der Waals surface area contributed by atoms with E-state index in [4.69, 9.17) is 31.5 Å².